The monoisotopic (exact) mass is 412 g/mol. The summed E-state index contributed by atoms with van der Waals surface area (Å²) in [5.74, 6) is -0.298. The van der Waals surface area contributed by atoms with Gasteiger partial charge in [0.25, 0.3) is 5.91 Å². The van der Waals surface area contributed by atoms with Gasteiger partial charge in [0.05, 0.1) is 4.88 Å². The zero-order valence-corrected chi connectivity index (χ0v) is 16.8. The Bertz CT molecular complexity index is 905. The number of aromatic nitrogens is 1. The van der Waals surface area contributed by atoms with Crippen molar-refractivity contribution in [2.24, 2.45) is 0 Å². The number of nitrogens with one attached hydrogen (secondary N) is 1. The van der Waals surface area contributed by atoms with Crippen molar-refractivity contribution in [2.45, 2.75) is 6.04 Å². The SMILES string of the molecule is O=C(NC(C(=O)N1CCN(c2nccs2)CC1)c1ccccc1)c1cccs1. The molecule has 1 fully saturated rings. The highest BCUT2D eigenvalue weighted by Crippen LogP contribution is 2.22. The molecule has 1 aliphatic heterocycles. The largest absolute Gasteiger partial charge is 0.345 e. The summed E-state index contributed by atoms with van der Waals surface area (Å²) < 4.78 is 0. The molecule has 3 aromatic rings. The highest BCUT2D eigenvalue weighted by molar-refractivity contribution is 7.13. The molecular formula is C20H20N4O2S2. The fourth-order valence-corrected chi connectivity index (χ4v) is 4.54. The van der Waals surface area contributed by atoms with Crippen LogP contribution in [0, 0.1) is 0 Å². The van der Waals surface area contributed by atoms with Crippen molar-refractivity contribution in [1.82, 2.24) is 15.2 Å². The first-order valence-corrected chi connectivity index (χ1v) is 10.8. The number of thiophene rings is 1. The van der Waals surface area contributed by atoms with Crippen LogP contribution < -0.4 is 10.2 Å². The third kappa shape index (κ3) is 4.07. The van der Waals surface area contributed by atoms with Gasteiger partial charge in [0, 0.05) is 37.8 Å². The Morgan fingerprint density at radius 1 is 0.964 bits per heavy atom. The van der Waals surface area contributed by atoms with Gasteiger partial charge in [0.1, 0.15) is 6.04 Å². The molecule has 1 N–H and O–H groups in total. The number of thiazole rings is 1. The number of rotatable bonds is 5. The quantitative estimate of drug-likeness (QED) is 0.700. The van der Waals surface area contributed by atoms with Crippen molar-refractivity contribution in [3.05, 3.63) is 69.9 Å². The van der Waals surface area contributed by atoms with Crippen LogP contribution in [0.3, 0.4) is 0 Å². The lowest BCUT2D eigenvalue weighted by atomic mass is 10.0. The number of hydrogen-bond acceptors (Lipinski definition) is 6. The molecule has 0 spiro atoms. The van der Waals surface area contributed by atoms with E-state index in [1.165, 1.54) is 11.3 Å². The van der Waals surface area contributed by atoms with Crippen LogP contribution in [0.15, 0.2) is 59.4 Å². The predicted molar refractivity (Wildman–Crippen MR) is 112 cm³/mol. The van der Waals surface area contributed by atoms with Gasteiger partial charge in [-0.1, -0.05) is 36.4 Å². The molecule has 0 saturated carbocycles. The maximum atomic E-state index is 13.3. The maximum Gasteiger partial charge on any atom is 0.262 e. The van der Waals surface area contributed by atoms with Gasteiger partial charge >= 0.3 is 0 Å². The molecule has 2 aromatic heterocycles. The number of carbonyl (C=O) groups is 2. The predicted octanol–water partition coefficient (Wildman–Crippen LogP) is 3.02. The molecule has 3 heterocycles. The Hall–Kier alpha value is -2.71. The third-order valence-electron chi connectivity index (χ3n) is 4.68. The molecule has 0 aliphatic carbocycles. The molecule has 6 nitrogen and oxygen atoms in total. The summed E-state index contributed by atoms with van der Waals surface area (Å²) in [5, 5.41) is 7.72. The Kier molecular flexibility index (Phi) is 5.68. The van der Waals surface area contributed by atoms with E-state index in [0.29, 0.717) is 18.0 Å². The summed E-state index contributed by atoms with van der Waals surface area (Å²) >= 11 is 2.97. The van der Waals surface area contributed by atoms with Crippen LogP contribution >= 0.6 is 22.7 Å². The lowest BCUT2D eigenvalue weighted by Crippen LogP contribution is -2.52. The van der Waals surface area contributed by atoms with Gasteiger partial charge in [0.2, 0.25) is 5.91 Å². The molecule has 28 heavy (non-hydrogen) atoms. The minimum atomic E-state index is -0.692. The molecule has 1 unspecified atom stereocenters. The minimum Gasteiger partial charge on any atom is -0.345 e. The Morgan fingerprint density at radius 3 is 2.39 bits per heavy atom. The summed E-state index contributed by atoms with van der Waals surface area (Å²) in [6.07, 6.45) is 1.79. The van der Waals surface area contributed by atoms with Gasteiger partial charge < -0.3 is 15.1 Å². The lowest BCUT2D eigenvalue weighted by Gasteiger charge is -2.36. The van der Waals surface area contributed by atoms with Gasteiger partial charge in [-0.25, -0.2) is 4.98 Å². The van der Waals surface area contributed by atoms with Gasteiger partial charge in [-0.2, -0.15) is 0 Å². The molecule has 8 heteroatoms. The molecule has 2 amide bonds. The van der Waals surface area contributed by atoms with Crippen molar-refractivity contribution in [2.75, 3.05) is 31.1 Å². The molecular weight excluding hydrogens is 392 g/mol. The summed E-state index contributed by atoms with van der Waals surface area (Å²) in [6, 6.07) is 12.3. The Labute approximate surface area is 171 Å². The molecule has 0 bridgehead atoms. The van der Waals surface area contributed by atoms with E-state index >= 15 is 0 Å². The van der Waals surface area contributed by atoms with E-state index in [9.17, 15) is 9.59 Å². The second-order valence-electron chi connectivity index (χ2n) is 6.42. The molecule has 1 atom stereocenters. The summed E-state index contributed by atoms with van der Waals surface area (Å²) in [5.41, 5.74) is 0.791. The highest BCUT2D eigenvalue weighted by Gasteiger charge is 2.30. The van der Waals surface area contributed by atoms with Crippen molar-refractivity contribution >= 4 is 39.6 Å². The Balaban J connectivity index is 1.48. The van der Waals surface area contributed by atoms with E-state index in [-0.39, 0.29) is 11.8 Å². The number of amides is 2. The smallest absolute Gasteiger partial charge is 0.262 e. The summed E-state index contributed by atoms with van der Waals surface area (Å²) in [6.45, 7) is 2.69. The van der Waals surface area contributed by atoms with Crippen molar-refractivity contribution in [1.29, 1.82) is 0 Å². The van der Waals surface area contributed by atoms with Gasteiger partial charge in [-0.15, -0.1) is 22.7 Å². The topological polar surface area (TPSA) is 65.5 Å². The number of benzene rings is 1. The molecule has 4 rings (SSSR count). The average molecular weight is 413 g/mol. The van der Waals surface area contributed by atoms with Crippen LogP contribution in [0.4, 0.5) is 5.13 Å². The van der Waals surface area contributed by atoms with E-state index in [2.05, 4.69) is 15.2 Å². The standard InChI is InChI=1S/C20H20N4O2S2/c25-18(16-7-4-13-27-16)22-17(15-5-2-1-3-6-15)19(26)23-9-11-24(12-10-23)20-21-8-14-28-20/h1-8,13-14,17H,9-12H2,(H,22,25). The number of nitrogens with zero attached hydrogens (tertiary/aromatic N) is 3. The van der Waals surface area contributed by atoms with Crippen LogP contribution in [0.5, 0.6) is 0 Å². The first kappa shape index (κ1) is 18.6. The first-order valence-electron chi connectivity index (χ1n) is 9.05. The van der Waals surface area contributed by atoms with Crippen LogP contribution in [0.1, 0.15) is 21.3 Å². The van der Waals surface area contributed by atoms with E-state index in [0.717, 1.165) is 23.8 Å². The normalized spacial score (nSPS) is 15.3. The Morgan fingerprint density at radius 2 is 1.75 bits per heavy atom. The van der Waals surface area contributed by atoms with Gasteiger partial charge in [-0.05, 0) is 17.0 Å². The summed E-state index contributed by atoms with van der Waals surface area (Å²) in [7, 11) is 0. The second-order valence-corrected chi connectivity index (χ2v) is 8.24. The third-order valence-corrected chi connectivity index (χ3v) is 6.38. The summed E-state index contributed by atoms with van der Waals surface area (Å²) in [4.78, 5) is 34.8. The van der Waals surface area contributed by atoms with Crippen LogP contribution in [-0.4, -0.2) is 47.9 Å². The zero-order chi connectivity index (χ0) is 19.3. The second kappa shape index (κ2) is 8.53. The molecule has 0 radical (unpaired) electrons. The minimum absolute atomic E-state index is 0.0742. The maximum absolute atomic E-state index is 13.3. The molecule has 1 aliphatic rings. The lowest BCUT2D eigenvalue weighted by molar-refractivity contribution is -0.133. The highest BCUT2D eigenvalue weighted by atomic mass is 32.1. The molecule has 144 valence electrons. The number of hydrogen-bond donors (Lipinski definition) is 1. The van der Waals surface area contributed by atoms with Crippen LogP contribution in [0.2, 0.25) is 0 Å². The van der Waals surface area contributed by atoms with Crippen LogP contribution in [0.25, 0.3) is 0 Å². The van der Waals surface area contributed by atoms with E-state index in [1.807, 2.05) is 52.1 Å². The van der Waals surface area contributed by atoms with Gasteiger partial charge in [-0.3, -0.25) is 9.59 Å². The van der Waals surface area contributed by atoms with Crippen molar-refractivity contribution < 1.29 is 9.59 Å². The number of piperazine rings is 1. The van der Waals surface area contributed by atoms with E-state index < -0.39 is 6.04 Å². The van der Waals surface area contributed by atoms with Crippen LogP contribution in [-0.2, 0) is 4.79 Å². The number of anilines is 1. The average Bonchev–Trinajstić information content (AvgIpc) is 3.46. The van der Waals surface area contributed by atoms with Gasteiger partial charge in [0.15, 0.2) is 5.13 Å². The number of carbonyl (C=O) groups excluding carboxylic acids is 2. The fraction of sp³-hybridized carbons (Fsp3) is 0.250. The first-order chi connectivity index (χ1) is 13.7. The van der Waals surface area contributed by atoms with Crippen molar-refractivity contribution in [3.63, 3.8) is 0 Å². The van der Waals surface area contributed by atoms with Crippen molar-refractivity contribution in [3.8, 4) is 0 Å². The zero-order valence-electron chi connectivity index (χ0n) is 15.2. The molecule has 1 saturated heterocycles. The van der Waals surface area contributed by atoms with E-state index in [4.69, 9.17) is 0 Å². The fourth-order valence-electron chi connectivity index (χ4n) is 3.22. The van der Waals surface area contributed by atoms with E-state index in [1.54, 1.807) is 23.6 Å². The molecule has 1 aromatic carbocycles.